The van der Waals surface area contributed by atoms with Gasteiger partial charge in [0.15, 0.2) is 12.3 Å². The summed E-state index contributed by atoms with van der Waals surface area (Å²) >= 11 is 0. The molecule has 0 aromatic carbocycles. The molecule has 11 heteroatoms. The molecule has 2 amide bonds. The second-order valence-electron chi connectivity index (χ2n) is 5.96. The van der Waals surface area contributed by atoms with Crippen LogP contribution in [0.15, 0.2) is 24.3 Å². The van der Waals surface area contributed by atoms with Crippen LogP contribution in [0.25, 0.3) is 0 Å². The lowest BCUT2D eigenvalue weighted by Crippen LogP contribution is -2.28. The van der Waals surface area contributed by atoms with Gasteiger partial charge in [0, 0.05) is 18.7 Å². The minimum Gasteiger partial charge on any atom is -0.467 e. The van der Waals surface area contributed by atoms with Crippen LogP contribution in [-0.4, -0.2) is 39.8 Å². The van der Waals surface area contributed by atoms with Crippen molar-refractivity contribution in [1.29, 1.82) is 0 Å². The summed E-state index contributed by atoms with van der Waals surface area (Å²) in [5.74, 6) is -0.831. The molecule has 0 bridgehead atoms. The van der Waals surface area contributed by atoms with Crippen LogP contribution in [0, 0.1) is 6.92 Å². The molecule has 150 valence electrons. The number of rotatable bonds is 6. The third kappa shape index (κ3) is 6.49. The van der Waals surface area contributed by atoms with Crippen LogP contribution >= 0.6 is 0 Å². The molecule has 0 aliphatic rings. The number of nitrogens with one attached hydrogen (secondary N) is 2. The fraction of sp³-hybridized carbons (Fsp3) is 0.353. The van der Waals surface area contributed by atoms with Gasteiger partial charge in [0.2, 0.25) is 11.8 Å². The molecular weight excluding hydrogens is 379 g/mol. The summed E-state index contributed by atoms with van der Waals surface area (Å²) in [6, 6.07) is 5.25. The molecule has 0 spiro atoms. The summed E-state index contributed by atoms with van der Waals surface area (Å²) in [7, 11) is 0. The molecule has 8 nitrogen and oxygen atoms in total. The summed E-state index contributed by atoms with van der Waals surface area (Å²) in [5, 5.41) is 12.3. The zero-order valence-corrected chi connectivity index (χ0v) is 15.3. The number of aryl methyl sites for hydroxylation is 1. The lowest BCUT2D eigenvalue weighted by molar-refractivity contribution is -0.154. The van der Waals surface area contributed by atoms with Gasteiger partial charge in [-0.3, -0.25) is 9.59 Å². The van der Waals surface area contributed by atoms with Crippen molar-refractivity contribution in [2.75, 3.05) is 11.9 Å². The minimum atomic E-state index is -4.49. The van der Waals surface area contributed by atoms with E-state index in [1.165, 1.54) is 13.0 Å². The predicted octanol–water partition coefficient (Wildman–Crippen LogP) is 2.57. The first-order chi connectivity index (χ1) is 13.0. The van der Waals surface area contributed by atoms with E-state index in [9.17, 15) is 22.8 Å². The van der Waals surface area contributed by atoms with Gasteiger partial charge >= 0.3 is 6.18 Å². The Hall–Kier alpha value is -3.24. The van der Waals surface area contributed by atoms with Gasteiger partial charge in [-0.15, -0.1) is 10.2 Å². The molecule has 0 fully saturated rings. The van der Waals surface area contributed by atoms with Gasteiger partial charge in [-0.2, -0.15) is 13.2 Å². The van der Waals surface area contributed by atoms with E-state index in [1.54, 1.807) is 26.0 Å². The highest BCUT2D eigenvalue weighted by molar-refractivity contribution is 5.92. The Morgan fingerprint density at radius 3 is 2.50 bits per heavy atom. The van der Waals surface area contributed by atoms with E-state index < -0.39 is 24.7 Å². The molecule has 0 saturated carbocycles. The molecule has 0 aliphatic carbocycles. The first kappa shape index (κ1) is 21.1. The minimum absolute atomic E-state index is 0.0842. The van der Waals surface area contributed by atoms with Crippen LogP contribution < -0.4 is 15.4 Å². The number of pyridine rings is 1. The molecule has 0 aliphatic heterocycles. The number of ether oxygens (including phenoxy) is 1. The molecule has 2 aromatic heterocycles. The van der Waals surface area contributed by atoms with E-state index in [2.05, 4.69) is 30.6 Å². The standard InChI is InChI=1S/C17H18F3N5O3/c1-9-6-12(7-14(21-9)23-11(3)26)10(2)22-16(27)13-4-5-15(25-24-13)28-8-17(18,19)20/h4-7,10H,8H2,1-3H3,(H,22,27)(H,21,23,26). The quantitative estimate of drug-likeness (QED) is 0.776. The summed E-state index contributed by atoms with van der Waals surface area (Å²) in [4.78, 5) is 27.7. The maximum Gasteiger partial charge on any atom is 0.422 e. The van der Waals surface area contributed by atoms with Crippen LogP contribution in [0.3, 0.4) is 0 Å². The van der Waals surface area contributed by atoms with Gasteiger partial charge in [0.1, 0.15) is 5.82 Å². The summed E-state index contributed by atoms with van der Waals surface area (Å²) in [6.45, 7) is 3.32. The van der Waals surface area contributed by atoms with E-state index in [1.807, 2.05) is 0 Å². The normalized spacial score (nSPS) is 12.2. The number of alkyl halides is 3. The van der Waals surface area contributed by atoms with Crippen molar-refractivity contribution in [3.63, 3.8) is 0 Å². The number of hydrogen-bond donors (Lipinski definition) is 2. The Labute approximate surface area is 158 Å². The fourth-order valence-electron chi connectivity index (χ4n) is 2.22. The number of aromatic nitrogens is 3. The zero-order valence-electron chi connectivity index (χ0n) is 15.3. The summed E-state index contributed by atoms with van der Waals surface area (Å²) < 4.78 is 40.8. The Morgan fingerprint density at radius 1 is 1.21 bits per heavy atom. The van der Waals surface area contributed by atoms with E-state index in [-0.39, 0.29) is 17.5 Å². The number of nitrogens with zero attached hydrogens (tertiary/aromatic N) is 3. The molecule has 2 rings (SSSR count). The molecular formula is C17H18F3N5O3. The third-order valence-corrected chi connectivity index (χ3v) is 3.38. The molecule has 2 heterocycles. The molecule has 2 aromatic rings. The highest BCUT2D eigenvalue weighted by Crippen LogP contribution is 2.19. The van der Waals surface area contributed by atoms with E-state index in [0.29, 0.717) is 17.1 Å². The Kier molecular flexibility index (Phi) is 6.49. The van der Waals surface area contributed by atoms with Crippen LogP contribution in [-0.2, 0) is 4.79 Å². The van der Waals surface area contributed by atoms with Crippen molar-refractivity contribution in [3.8, 4) is 5.88 Å². The summed E-state index contributed by atoms with van der Waals surface area (Å²) in [5.41, 5.74) is 1.26. The van der Waals surface area contributed by atoms with Gasteiger partial charge in [-0.1, -0.05) is 0 Å². The van der Waals surface area contributed by atoms with Crippen LogP contribution in [0.4, 0.5) is 19.0 Å². The van der Waals surface area contributed by atoms with Crippen molar-refractivity contribution in [2.24, 2.45) is 0 Å². The van der Waals surface area contributed by atoms with Gasteiger partial charge in [0.25, 0.3) is 5.91 Å². The second kappa shape index (κ2) is 8.63. The smallest absolute Gasteiger partial charge is 0.422 e. The number of carbonyl (C=O) groups excluding carboxylic acids is 2. The van der Waals surface area contributed by atoms with E-state index in [4.69, 9.17) is 0 Å². The number of amides is 2. The Morgan fingerprint density at radius 2 is 1.93 bits per heavy atom. The maximum atomic E-state index is 12.3. The van der Waals surface area contributed by atoms with Gasteiger partial charge in [-0.05, 0) is 37.6 Å². The lowest BCUT2D eigenvalue weighted by atomic mass is 10.1. The highest BCUT2D eigenvalue weighted by atomic mass is 19.4. The Bertz CT molecular complexity index is 856. The monoisotopic (exact) mass is 397 g/mol. The number of halogens is 3. The Balaban J connectivity index is 2.04. The SMILES string of the molecule is CC(=O)Nc1cc(C(C)NC(=O)c2ccc(OCC(F)(F)F)nn2)cc(C)n1. The molecule has 1 atom stereocenters. The highest BCUT2D eigenvalue weighted by Gasteiger charge is 2.28. The predicted molar refractivity (Wildman–Crippen MR) is 92.7 cm³/mol. The van der Waals surface area contributed by atoms with Crippen molar-refractivity contribution in [2.45, 2.75) is 33.0 Å². The molecule has 0 radical (unpaired) electrons. The molecule has 0 saturated heterocycles. The van der Waals surface area contributed by atoms with Crippen molar-refractivity contribution >= 4 is 17.6 Å². The van der Waals surface area contributed by atoms with Crippen molar-refractivity contribution in [1.82, 2.24) is 20.5 Å². The molecule has 28 heavy (non-hydrogen) atoms. The second-order valence-corrected chi connectivity index (χ2v) is 5.96. The first-order valence-electron chi connectivity index (χ1n) is 8.14. The van der Waals surface area contributed by atoms with Crippen LogP contribution in [0.1, 0.15) is 41.6 Å². The number of carbonyl (C=O) groups is 2. The van der Waals surface area contributed by atoms with Gasteiger partial charge in [-0.25, -0.2) is 4.98 Å². The number of hydrogen-bond acceptors (Lipinski definition) is 6. The van der Waals surface area contributed by atoms with E-state index in [0.717, 1.165) is 6.07 Å². The third-order valence-electron chi connectivity index (χ3n) is 3.38. The van der Waals surface area contributed by atoms with E-state index >= 15 is 0 Å². The van der Waals surface area contributed by atoms with Crippen LogP contribution in [0.2, 0.25) is 0 Å². The summed E-state index contributed by atoms with van der Waals surface area (Å²) in [6.07, 6.45) is -4.49. The molecule has 1 unspecified atom stereocenters. The van der Waals surface area contributed by atoms with Crippen molar-refractivity contribution < 1.29 is 27.5 Å². The lowest BCUT2D eigenvalue weighted by Gasteiger charge is -2.16. The average molecular weight is 397 g/mol. The maximum absolute atomic E-state index is 12.3. The van der Waals surface area contributed by atoms with Gasteiger partial charge < -0.3 is 15.4 Å². The zero-order chi connectivity index (χ0) is 20.9. The van der Waals surface area contributed by atoms with Gasteiger partial charge in [0.05, 0.1) is 6.04 Å². The first-order valence-corrected chi connectivity index (χ1v) is 8.14. The average Bonchev–Trinajstić information content (AvgIpc) is 2.58. The number of anilines is 1. The largest absolute Gasteiger partial charge is 0.467 e. The van der Waals surface area contributed by atoms with Crippen molar-refractivity contribution in [3.05, 3.63) is 41.2 Å². The van der Waals surface area contributed by atoms with Crippen LogP contribution in [0.5, 0.6) is 5.88 Å². The fourth-order valence-corrected chi connectivity index (χ4v) is 2.22. The topological polar surface area (TPSA) is 106 Å². The molecule has 2 N–H and O–H groups in total.